The predicted molar refractivity (Wildman–Crippen MR) is 579 cm³/mol. The van der Waals surface area contributed by atoms with Crippen molar-refractivity contribution in [2.45, 2.75) is 403 Å². The number of carbonyl (C=O) groups is 2. The largest absolute Gasteiger partial charge is 0.293 e. The molecule has 11 aromatic rings. The van der Waals surface area contributed by atoms with Gasteiger partial charge in [-0.2, -0.15) is 10.5 Å². The Morgan fingerprint density at radius 2 is 0.570 bits per heavy atom. The van der Waals surface area contributed by atoms with Gasteiger partial charge in [-0.1, -0.05) is 313 Å². The molecule has 0 N–H and O–H groups in total. The summed E-state index contributed by atoms with van der Waals surface area (Å²) in [6, 6.07) is 39.6. The van der Waals surface area contributed by atoms with Crippen LogP contribution in [0.4, 0.5) is 0 Å². The quantitative estimate of drug-likeness (QED) is 0.0216. The average Bonchev–Trinajstić information content (AvgIpc) is 1.55. The number of carbonyl (C=O) groups excluding carboxylic acids is 2. The molecule has 11 rings (SSSR count). The van der Waals surface area contributed by atoms with E-state index in [2.05, 4.69) is 212 Å². The van der Waals surface area contributed by atoms with Crippen LogP contribution >= 0.6 is 113 Å². The highest BCUT2D eigenvalue weighted by Crippen LogP contribution is 2.58. The number of unbranched alkanes of at least 4 members (excludes halogenated alkanes) is 32. The van der Waals surface area contributed by atoms with Crippen molar-refractivity contribution in [3.8, 4) is 91.5 Å². The highest BCUT2D eigenvalue weighted by Gasteiger charge is 2.29. The molecule has 0 amide bonds. The van der Waals surface area contributed by atoms with Crippen molar-refractivity contribution in [1.29, 1.82) is 10.5 Å². The second-order valence-corrected chi connectivity index (χ2v) is 47.7. The predicted octanol–water partition coefficient (Wildman–Crippen LogP) is 41.5. The Bertz CT molecular complexity index is 4920. The van der Waals surface area contributed by atoms with Crippen molar-refractivity contribution in [2.24, 2.45) is 11.8 Å². The summed E-state index contributed by atoms with van der Waals surface area (Å²) in [6.07, 6.45) is 64.3. The molecule has 0 aliphatic heterocycles. The number of thiophene rings is 10. The SMILES string of the molecule is CCCCCCCCC(=O)/C(C#N)=C/c1cc(CCCCCCCC)c(-c2ccc(-c3sc(-c4cc5c(-c6ccc(CC(CC)CCCC)s6)c6sc(-c7cc(CCCCCCCC)c(-c8ccc(-c9sc(/C=C(\C#N)C(=O)CCCCCCCC)cc9CCCCCCCC)s8)s7)cc6c(-c6ccc(CC(CC)CCCC)s6)c5s4)cc3CCCCCCCC)s2)s1. The van der Waals surface area contributed by atoms with E-state index in [4.69, 9.17) is 0 Å². The highest BCUT2D eigenvalue weighted by molar-refractivity contribution is 7.32. The summed E-state index contributed by atoms with van der Waals surface area (Å²) in [5, 5.41) is 23.9. The molecule has 10 aromatic heterocycles. The number of hydrogen-bond acceptors (Lipinski definition) is 14. The Hall–Kier alpha value is -5.46. The minimum atomic E-state index is -0.0201. The zero-order valence-corrected chi connectivity index (χ0v) is 88.1. The molecule has 0 saturated heterocycles. The molecule has 0 spiro atoms. The fourth-order valence-electron chi connectivity index (χ4n) is 18.5. The molecule has 1 aromatic carbocycles. The summed E-state index contributed by atoms with van der Waals surface area (Å²) < 4.78 is 2.82. The molecule has 0 radical (unpaired) electrons. The molecule has 0 fully saturated rings. The number of fused-ring (bicyclic) bond motifs is 2. The first-order chi connectivity index (χ1) is 62.8. The van der Waals surface area contributed by atoms with Crippen molar-refractivity contribution in [1.82, 2.24) is 0 Å². The van der Waals surface area contributed by atoms with Crippen LogP contribution in [0.25, 0.3) is 112 Å². The van der Waals surface area contributed by atoms with Gasteiger partial charge < -0.3 is 0 Å². The number of allylic oxidation sites excluding steroid dienone is 2. The molecular weight excluding hydrogens is 1750 g/mol. The van der Waals surface area contributed by atoms with E-state index in [0.717, 1.165) is 99.6 Å². The van der Waals surface area contributed by atoms with Gasteiger partial charge in [0.2, 0.25) is 0 Å². The molecule has 0 saturated carbocycles. The van der Waals surface area contributed by atoms with Gasteiger partial charge in [0.25, 0.3) is 0 Å². The molecule has 0 aliphatic rings. The molecule has 0 aliphatic carbocycles. The van der Waals surface area contributed by atoms with Gasteiger partial charge in [0.15, 0.2) is 11.6 Å². The monoisotopic (exact) mass is 1900 g/mol. The van der Waals surface area contributed by atoms with Gasteiger partial charge in [-0.3, -0.25) is 9.59 Å². The highest BCUT2D eigenvalue weighted by atomic mass is 32.1. The number of nitriles is 2. The van der Waals surface area contributed by atoms with Crippen LogP contribution < -0.4 is 0 Å². The van der Waals surface area contributed by atoms with E-state index < -0.39 is 0 Å². The van der Waals surface area contributed by atoms with Gasteiger partial charge in [-0.05, 0) is 208 Å². The number of benzene rings is 1. The first kappa shape index (κ1) is 103. The number of ketones is 2. The maximum absolute atomic E-state index is 13.8. The zero-order valence-electron chi connectivity index (χ0n) is 80.0. The minimum Gasteiger partial charge on any atom is -0.293 e. The zero-order chi connectivity index (χ0) is 90.2. The lowest BCUT2D eigenvalue weighted by atomic mass is 9.95. The molecule has 14 heteroatoms. The maximum Gasteiger partial charge on any atom is 0.173 e. The maximum atomic E-state index is 13.8. The second-order valence-electron chi connectivity index (χ2n) is 36.8. The van der Waals surface area contributed by atoms with Crippen LogP contribution in [0.5, 0.6) is 0 Å². The Morgan fingerprint density at radius 1 is 0.289 bits per heavy atom. The molecule has 690 valence electrons. The van der Waals surface area contributed by atoms with E-state index in [0.29, 0.717) is 35.8 Å². The topological polar surface area (TPSA) is 81.7 Å². The van der Waals surface area contributed by atoms with Gasteiger partial charge in [0.1, 0.15) is 12.1 Å². The average molecular weight is 1900 g/mol. The minimum absolute atomic E-state index is 0.0201. The molecular formula is C114H152N2O2S10. The van der Waals surface area contributed by atoms with Crippen molar-refractivity contribution >= 4 is 157 Å². The van der Waals surface area contributed by atoms with Gasteiger partial charge in [0, 0.05) is 132 Å². The van der Waals surface area contributed by atoms with Crippen LogP contribution in [0.15, 0.2) is 96.1 Å². The van der Waals surface area contributed by atoms with Crippen molar-refractivity contribution in [3.05, 3.63) is 138 Å². The first-order valence-corrected chi connectivity index (χ1v) is 59.2. The molecule has 2 atom stereocenters. The Kier molecular flexibility index (Phi) is 45.6. The van der Waals surface area contributed by atoms with Gasteiger partial charge in [0.05, 0.1) is 11.1 Å². The summed E-state index contributed by atoms with van der Waals surface area (Å²) in [4.78, 5) is 51.5. The third-order valence-corrected chi connectivity index (χ3v) is 38.8. The van der Waals surface area contributed by atoms with E-state index in [9.17, 15) is 20.1 Å². The van der Waals surface area contributed by atoms with E-state index in [1.54, 1.807) is 22.7 Å². The van der Waals surface area contributed by atoms with E-state index in [-0.39, 0.29) is 11.6 Å². The van der Waals surface area contributed by atoms with Gasteiger partial charge in [-0.15, -0.1) is 113 Å². The first-order valence-electron chi connectivity index (χ1n) is 51.0. The summed E-state index contributed by atoms with van der Waals surface area (Å²) >= 11 is 19.7. The standard InChI is InChI=1S/C114H152N2O2S10/c1-11-21-29-35-41-47-55-83-71-91(73-87(79-115)95(117)59-51-45-39-33-25-15-5)121-109(83)99-65-67-101(123-99)111-85(57-49-43-37-31-23-13-3)75-103(125-111)105-77-93-107(97-63-61-89(119-97)69-81(19-9)53-27-17-7)114-94(108(113(93)127-105)98-64-62-90(120-98)70-82(20-10)54-28-18-8)78-106(128-114)104-76-86(58-50-44-38-32-24-14-4)112(126-104)102-68-66-100(124-102)110-84(56-48-42-36-30-22-12-2)72-92(122-110)74-88(80-116)96(118)60-52-46-40-34-26-16-6/h61-68,71-78,81-82H,11-60,69-70H2,1-10H3/b87-73+,88-74+. The second kappa shape index (κ2) is 56.7. The van der Waals surface area contributed by atoms with Crippen LogP contribution in [0, 0.1) is 34.5 Å². The number of hydrogen-bond donors (Lipinski definition) is 0. The summed E-state index contributed by atoms with van der Waals surface area (Å²) in [6.45, 7) is 23.2. The lowest BCUT2D eigenvalue weighted by molar-refractivity contribution is -0.116. The lowest BCUT2D eigenvalue weighted by Crippen LogP contribution is -2.01. The number of nitrogens with zero attached hydrogens (tertiary/aromatic N) is 2. The molecule has 0 bridgehead atoms. The lowest BCUT2D eigenvalue weighted by Gasteiger charge is -2.13. The smallest absolute Gasteiger partial charge is 0.173 e. The molecule has 2 unspecified atom stereocenters. The Labute approximate surface area is 814 Å². The van der Waals surface area contributed by atoms with Crippen molar-refractivity contribution < 1.29 is 9.59 Å². The van der Waals surface area contributed by atoms with Crippen LogP contribution in [0.1, 0.15) is 406 Å². The molecule has 10 heterocycles. The Balaban J connectivity index is 1.05. The van der Waals surface area contributed by atoms with E-state index in [1.807, 2.05) is 57.5 Å². The third-order valence-electron chi connectivity index (χ3n) is 26.3. The van der Waals surface area contributed by atoms with E-state index >= 15 is 0 Å². The molecule has 128 heavy (non-hydrogen) atoms. The van der Waals surface area contributed by atoms with Crippen LogP contribution in [0.3, 0.4) is 0 Å². The van der Waals surface area contributed by atoms with Crippen molar-refractivity contribution in [3.63, 3.8) is 0 Å². The summed E-state index contributed by atoms with van der Waals surface area (Å²) in [5.74, 6) is 1.29. The van der Waals surface area contributed by atoms with Crippen LogP contribution in [-0.4, -0.2) is 11.6 Å². The normalized spacial score (nSPS) is 12.6. The summed E-state index contributed by atoms with van der Waals surface area (Å²) in [5.41, 5.74) is 9.06. The third kappa shape index (κ3) is 30.3. The van der Waals surface area contributed by atoms with E-state index in [1.165, 1.54) is 363 Å². The number of aryl methyl sites for hydroxylation is 4. The van der Waals surface area contributed by atoms with Crippen molar-refractivity contribution in [2.75, 3.05) is 0 Å². The number of rotatable bonds is 66. The summed E-state index contributed by atoms with van der Waals surface area (Å²) in [7, 11) is 0. The fraction of sp³-hybridized carbons (Fsp3) is 0.561. The number of Topliss-reactive ketones (excluding diaryl/α,β-unsaturated/α-hetero) is 2. The van der Waals surface area contributed by atoms with Crippen LogP contribution in [0.2, 0.25) is 0 Å². The van der Waals surface area contributed by atoms with Gasteiger partial charge >= 0.3 is 0 Å². The Morgan fingerprint density at radius 3 is 0.883 bits per heavy atom. The molecule has 4 nitrogen and oxygen atoms in total. The van der Waals surface area contributed by atoms with Gasteiger partial charge in [-0.25, -0.2) is 0 Å². The fourth-order valence-corrected chi connectivity index (χ4v) is 31.0. The van der Waals surface area contributed by atoms with Crippen LogP contribution in [-0.2, 0) is 48.1 Å².